The number of aromatic nitrogens is 2. The minimum absolute atomic E-state index is 0.261. The van der Waals surface area contributed by atoms with Crippen LogP contribution in [0.25, 0.3) is 16.8 Å². The van der Waals surface area contributed by atoms with Crippen LogP contribution in [0.4, 0.5) is 5.69 Å². The predicted molar refractivity (Wildman–Crippen MR) is 135 cm³/mol. The smallest absolute Gasteiger partial charge is 0.101 e. The van der Waals surface area contributed by atoms with Gasteiger partial charge in [0.2, 0.25) is 0 Å². The summed E-state index contributed by atoms with van der Waals surface area (Å²) in [4.78, 5) is 0. The molecule has 1 aliphatic carbocycles. The monoisotopic (exact) mass is 454 g/mol. The van der Waals surface area contributed by atoms with Gasteiger partial charge >= 0.3 is 0 Å². The highest BCUT2D eigenvalue weighted by molar-refractivity contribution is 6.18. The molecule has 2 N–H and O–H groups in total. The quantitative estimate of drug-likeness (QED) is 0.555. The first-order chi connectivity index (χ1) is 16.3. The van der Waals surface area contributed by atoms with Crippen LogP contribution in [-0.4, -0.2) is 37.8 Å². The molecule has 1 fully saturated rings. The molecule has 0 spiro atoms. The molecule has 1 aromatic carbocycles. The van der Waals surface area contributed by atoms with Crippen LogP contribution in [0.2, 0.25) is 0 Å². The molecular formula is C27H30N6O. The normalized spacial score (nSPS) is 22.5. The maximum Gasteiger partial charge on any atom is 0.101 e. The maximum atomic E-state index is 10.3. The first kappa shape index (κ1) is 22.3. The fraction of sp³-hybridized carbons (Fsp3) is 0.407. The van der Waals surface area contributed by atoms with Crippen LogP contribution < -0.4 is 5.32 Å². The fourth-order valence-electron chi connectivity index (χ4n) is 4.98. The minimum atomic E-state index is -0.544. The molecule has 3 heterocycles. The number of benzene rings is 1. The number of aliphatic hydroxyl groups is 1. The Morgan fingerprint density at radius 1 is 1.15 bits per heavy atom. The van der Waals surface area contributed by atoms with Gasteiger partial charge in [-0.25, -0.2) is 4.52 Å². The Morgan fingerprint density at radius 2 is 1.94 bits per heavy atom. The molecule has 34 heavy (non-hydrogen) atoms. The van der Waals surface area contributed by atoms with E-state index in [-0.39, 0.29) is 6.04 Å². The third-order valence-electron chi connectivity index (χ3n) is 6.88. The molecule has 2 aliphatic rings. The SMILES string of the molecule is CC(C)Nc1cc(-c2ccc3cc(C#N)cnn23)ccc1C1=NN=C(C2CCC(C)(O)CC2)C1. The molecule has 0 radical (unpaired) electrons. The minimum Gasteiger partial charge on any atom is -0.390 e. The summed E-state index contributed by atoms with van der Waals surface area (Å²) in [5.41, 5.74) is 7.12. The van der Waals surface area contributed by atoms with E-state index >= 15 is 0 Å². The van der Waals surface area contributed by atoms with E-state index in [1.165, 1.54) is 0 Å². The second-order valence-electron chi connectivity index (χ2n) is 10.1. The zero-order chi connectivity index (χ0) is 23.9. The van der Waals surface area contributed by atoms with Gasteiger partial charge in [0.1, 0.15) is 6.07 Å². The molecule has 3 aromatic rings. The number of hydrogen-bond donors (Lipinski definition) is 2. The van der Waals surface area contributed by atoms with E-state index in [2.05, 4.69) is 58.7 Å². The van der Waals surface area contributed by atoms with E-state index in [1.54, 1.807) is 6.20 Å². The molecule has 2 aromatic heterocycles. The summed E-state index contributed by atoms with van der Waals surface area (Å²) in [6.45, 7) is 6.18. The fourth-order valence-corrected chi connectivity index (χ4v) is 4.98. The van der Waals surface area contributed by atoms with Crippen molar-refractivity contribution in [2.24, 2.45) is 16.1 Å². The van der Waals surface area contributed by atoms with Gasteiger partial charge in [0, 0.05) is 35.0 Å². The lowest BCUT2D eigenvalue weighted by molar-refractivity contribution is 0.0158. The molecule has 1 aliphatic heterocycles. The summed E-state index contributed by atoms with van der Waals surface area (Å²) in [7, 11) is 0. The van der Waals surface area contributed by atoms with Crippen molar-refractivity contribution in [2.45, 2.75) is 64.5 Å². The van der Waals surface area contributed by atoms with E-state index in [4.69, 9.17) is 5.26 Å². The van der Waals surface area contributed by atoms with Gasteiger partial charge in [-0.15, -0.1) is 0 Å². The van der Waals surface area contributed by atoms with Crippen molar-refractivity contribution in [3.05, 3.63) is 53.7 Å². The number of rotatable bonds is 5. The second-order valence-corrected chi connectivity index (χ2v) is 10.1. The van der Waals surface area contributed by atoms with E-state index in [0.717, 1.165) is 71.6 Å². The zero-order valence-corrected chi connectivity index (χ0v) is 19.9. The Labute approximate surface area is 199 Å². The van der Waals surface area contributed by atoms with Crippen molar-refractivity contribution in [1.29, 1.82) is 5.26 Å². The Bertz CT molecular complexity index is 1330. The summed E-state index contributed by atoms with van der Waals surface area (Å²) in [5, 5.41) is 36.6. The van der Waals surface area contributed by atoms with Gasteiger partial charge in [-0.2, -0.15) is 20.6 Å². The average molecular weight is 455 g/mol. The van der Waals surface area contributed by atoms with Crippen molar-refractivity contribution < 1.29 is 5.11 Å². The van der Waals surface area contributed by atoms with Gasteiger partial charge in [0.25, 0.3) is 0 Å². The molecule has 174 valence electrons. The average Bonchev–Trinajstić information content (AvgIpc) is 3.45. The molecule has 7 nitrogen and oxygen atoms in total. The van der Waals surface area contributed by atoms with Crippen LogP contribution >= 0.6 is 0 Å². The summed E-state index contributed by atoms with van der Waals surface area (Å²) >= 11 is 0. The summed E-state index contributed by atoms with van der Waals surface area (Å²) in [6, 6.07) is 14.6. The van der Waals surface area contributed by atoms with Gasteiger partial charge in [0.05, 0.1) is 34.3 Å². The van der Waals surface area contributed by atoms with Crippen LogP contribution in [-0.2, 0) is 0 Å². The van der Waals surface area contributed by atoms with E-state index < -0.39 is 5.60 Å². The number of fused-ring (bicyclic) bond motifs is 1. The molecule has 0 bridgehead atoms. The van der Waals surface area contributed by atoms with Crippen molar-refractivity contribution >= 4 is 22.6 Å². The number of nitriles is 1. The molecule has 0 amide bonds. The third-order valence-corrected chi connectivity index (χ3v) is 6.88. The van der Waals surface area contributed by atoms with Crippen molar-refractivity contribution in [3.8, 4) is 17.3 Å². The predicted octanol–water partition coefficient (Wildman–Crippen LogP) is 5.18. The Hall–Kier alpha value is -3.50. The molecule has 0 saturated heterocycles. The van der Waals surface area contributed by atoms with Gasteiger partial charge in [0.15, 0.2) is 0 Å². The van der Waals surface area contributed by atoms with Crippen LogP contribution in [0, 0.1) is 17.2 Å². The maximum absolute atomic E-state index is 10.3. The lowest BCUT2D eigenvalue weighted by Crippen LogP contribution is -2.33. The second kappa shape index (κ2) is 8.69. The van der Waals surface area contributed by atoms with Gasteiger partial charge in [-0.3, -0.25) is 0 Å². The molecule has 5 rings (SSSR count). The van der Waals surface area contributed by atoms with Gasteiger partial charge in [-0.1, -0.05) is 12.1 Å². The standard InChI is InChI=1S/C27H30N6O/c1-17(2)30-24-13-20(26-7-5-21-12-18(15-28)16-29-33(21)26)4-6-22(24)25-14-23(31-32-25)19-8-10-27(3,34)11-9-19/h4-7,12-13,16-17,19,30,34H,8-11,14H2,1-3H3. The highest BCUT2D eigenvalue weighted by Gasteiger charge is 2.33. The zero-order valence-electron chi connectivity index (χ0n) is 19.9. The Kier molecular flexibility index (Phi) is 5.70. The van der Waals surface area contributed by atoms with Crippen LogP contribution in [0.15, 0.2) is 52.8 Å². The van der Waals surface area contributed by atoms with Crippen molar-refractivity contribution in [1.82, 2.24) is 9.61 Å². The Morgan fingerprint density at radius 3 is 2.68 bits per heavy atom. The Balaban J connectivity index is 1.42. The molecule has 7 heteroatoms. The summed E-state index contributed by atoms with van der Waals surface area (Å²) in [5.74, 6) is 0.402. The van der Waals surface area contributed by atoms with E-state index in [0.29, 0.717) is 11.5 Å². The third kappa shape index (κ3) is 4.34. The van der Waals surface area contributed by atoms with Crippen LogP contribution in [0.1, 0.15) is 64.0 Å². The lowest BCUT2D eigenvalue weighted by Gasteiger charge is -2.32. The molecule has 0 atom stereocenters. The van der Waals surface area contributed by atoms with Crippen LogP contribution in [0.3, 0.4) is 0 Å². The first-order valence-corrected chi connectivity index (χ1v) is 12.0. The molecule has 1 saturated carbocycles. The summed E-state index contributed by atoms with van der Waals surface area (Å²) < 4.78 is 1.86. The van der Waals surface area contributed by atoms with Crippen LogP contribution in [0.5, 0.6) is 0 Å². The van der Waals surface area contributed by atoms with Gasteiger partial charge < -0.3 is 10.4 Å². The van der Waals surface area contributed by atoms with E-state index in [1.807, 2.05) is 29.6 Å². The highest BCUT2D eigenvalue weighted by Crippen LogP contribution is 2.35. The first-order valence-electron chi connectivity index (χ1n) is 12.0. The molecule has 0 unspecified atom stereocenters. The summed E-state index contributed by atoms with van der Waals surface area (Å²) in [6.07, 6.45) is 5.91. The number of nitrogens with one attached hydrogen (secondary N) is 1. The largest absolute Gasteiger partial charge is 0.390 e. The van der Waals surface area contributed by atoms with Crippen molar-refractivity contribution in [3.63, 3.8) is 0 Å². The van der Waals surface area contributed by atoms with Crippen molar-refractivity contribution in [2.75, 3.05) is 5.32 Å². The number of anilines is 1. The molecular weight excluding hydrogens is 424 g/mol. The van der Waals surface area contributed by atoms with E-state index in [9.17, 15) is 5.11 Å². The topological polar surface area (TPSA) is 98.1 Å². The highest BCUT2D eigenvalue weighted by atomic mass is 16.3. The lowest BCUT2D eigenvalue weighted by atomic mass is 9.77. The van der Waals surface area contributed by atoms with Gasteiger partial charge in [-0.05, 0) is 76.6 Å². The number of hydrogen-bond acceptors (Lipinski definition) is 6. The number of nitrogens with zero attached hydrogens (tertiary/aromatic N) is 5.